The second-order valence-electron chi connectivity index (χ2n) is 4.58. The first kappa shape index (κ1) is 22.6. The predicted molar refractivity (Wildman–Crippen MR) is 84.5 cm³/mol. The Bertz CT molecular complexity index is 353. The molecule has 0 radical (unpaired) electrons. The first-order valence-corrected chi connectivity index (χ1v) is 6.74. The van der Waals surface area contributed by atoms with E-state index in [4.69, 9.17) is 18.9 Å². The minimum Gasteiger partial charge on any atom is -0.457 e. The van der Waals surface area contributed by atoms with Crippen LogP contribution in [0.15, 0.2) is 25.3 Å². The summed E-state index contributed by atoms with van der Waals surface area (Å²) >= 11 is 0. The summed E-state index contributed by atoms with van der Waals surface area (Å²) in [5, 5.41) is 0. The van der Waals surface area contributed by atoms with E-state index in [1.807, 2.05) is 6.92 Å². The first-order valence-electron chi connectivity index (χ1n) is 6.74. The normalized spacial score (nSPS) is 14.0. The monoisotopic (exact) mass is 316 g/mol. The summed E-state index contributed by atoms with van der Waals surface area (Å²) < 4.78 is 20.8. The van der Waals surface area contributed by atoms with Crippen LogP contribution in [-0.4, -0.2) is 50.1 Å². The molecule has 0 aromatic heterocycles. The maximum absolute atomic E-state index is 11.0. The fraction of sp³-hybridized carbons (Fsp3) is 0.625. The Morgan fingerprint density at radius 3 is 1.73 bits per heavy atom. The van der Waals surface area contributed by atoms with Crippen LogP contribution in [0.25, 0.3) is 0 Å². The van der Waals surface area contributed by atoms with Gasteiger partial charge in [-0.25, -0.2) is 9.59 Å². The Morgan fingerprint density at radius 2 is 1.27 bits per heavy atom. The van der Waals surface area contributed by atoms with Crippen LogP contribution in [0.5, 0.6) is 0 Å². The lowest BCUT2D eigenvalue weighted by Gasteiger charge is -2.18. The van der Waals surface area contributed by atoms with Crippen molar-refractivity contribution in [1.82, 2.24) is 0 Å². The van der Waals surface area contributed by atoms with E-state index in [1.165, 1.54) is 0 Å². The van der Waals surface area contributed by atoms with Crippen molar-refractivity contribution in [2.24, 2.45) is 0 Å². The van der Waals surface area contributed by atoms with Crippen molar-refractivity contribution in [3.63, 3.8) is 0 Å². The van der Waals surface area contributed by atoms with Gasteiger partial charge in [0.1, 0.15) is 12.2 Å². The molecule has 3 unspecified atom stereocenters. The molecular weight excluding hydrogens is 288 g/mol. The van der Waals surface area contributed by atoms with Gasteiger partial charge in [0.25, 0.3) is 0 Å². The quantitative estimate of drug-likeness (QED) is 0.430. The lowest BCUT2D eigenvalue weighted by molar-refractivity contribution is -0.149. The molecule has 22 heavy (non-hydrogen) atoms. The van der Waals surface area contributed by atoms with Crippen molar-refractivity contribution in [3.8, 4) is 0 Å². The summed E-state index contributed by atoms with van der Waals surface area (Å²) in [5.41, 5.74) is 0. The van der Waals surface area contributed by atoms with Crippen LogP contribution in [-0.2, 0) is 28.5 Å². The van der Waals surface area contributed by atoms with Gasteiger partial charge < -0.3 is 18.9 Å². The van der Waals surface area contributed by atoms with Crippen molar-refractivity contribution in [3.05, 3.63) is 25.3 Å². The summed E-state index contributed by atoms with van der Waals surface area (Å²) in [6, 6.07) is 0. The van der Waals surface area contributed by atoms with Crippen LogP contribution in [0, 0.1) is 0 Å². The van der Waals surface area contributed by atoms with Gasteiger partial charge in [-0.15, -0.1) is 0 Å². The molecule has 0 aromatic rings. The maximum Gasteiger partial charge on any atom is 0.330 e. The van der Waals surface area contributed by atoms with E-state index < -0.39 is 11.9 Å². The lowest BCUT2D eigenvalue weighted by atomic mass is 10.4. The average molecular weight is 316 g/mol. The zero-order valence-electron chi connectivity index (χ0n) is 12.9. The van der Waals surface area contributed by atoms with Crippen molar-refractivity contribution in [1.29, 1.82) is 0 Å². The van der Waals surface area contributed by atoms with Crippen LogP contribution in [0.1, 0.15) is 28.2 Å². The largest absolute Gasteiger partial charge is 0.457 e. The van der Waals surface area contributed by atoms with Crippen LogP contribution in [0.4, 0.5) is 0 Å². The minimum absolute atomic E-state index is 0. The highest BCUT2D eigenvalue weighted by atomic mass is 16.6. The molecule has 0 N–H and O–H groups in total. The van der Waals surface area contributed by atoms with E-state index >= 15 is 0 Å². The van der Waals surface area contributed by atoms with Crippen LogP contribution in [0.2, 0.25) is 0 Å². The Kier molecular flexibility index (Phi) is 13.4. The summed E-state index contributed by atoms with van der Waals surface area (Å²) in [5.74, 6) is -0.957. The molecule has 6 nitrogen and oxygen atoms in total. The maximum atomic E-state index is 11.0. The molecule has 0 saturated heterocycles. The SMILES string of the molecule is C.C=CC(=O)OC(C)COCC(C)OCC(C)OC(=O)C=C. The summed E-state index contributed by atoms with van der Waals surface area (Å²) in [6.07, 6.45) is 1.33. The van der Waals surface area contributed by atoms with Gasteiger partial charge in [-0.05, 0) is 20.8 Å². The fourth-order valence-corrected chi connectivity index (χ4v) is 1.31. The molecule has 0 bridgehead atoms. The van der Waals surface area contributed by atoms with E-state index in [0.29, 0.717) is 6.61 Å². The van der Waals surface area contributed by atoms with Gasteiger partial charge in [0.2, 0.25) is 0 Å². The molecule has 6 heteroatoms. The van der Waals surface area contributed by atoms with Gasteiger partial charge in [0.15, 0.2) is 0 Å². The molecular formula is C16H28O6. The summed E-state index contributed by atoms with van der Waals surface area (Å²) in [4.78, 5) is 21.9. The van der Waals surface area contributed by atoms with Crippen LogP contribution >= 0.6 is 0 Å². The van der Waals surface area contributed by atoms with E-state index in [-0.39, 0.29) is 39.0 Å². The fourth-order valence-electron chi connectivity index (χ4n) is 1.31. The standard InChI is InChI=1S/C15H24O6.CH4/c1-6-14(16)20-12(4)9-18-8-11(3)19-10-13(5)21-15(17)7-2;/h6-7,11-13H,1-2,8-10H2,3-5H3;1H4. The third-order valence-corrected chi connectivity index (χ3v) is 2.29. The van der Waals surface area contributed by atoms with Gasteiger partial charge in [-0.2, -0.15) is 0 Å². The molecule has 0 saturated carbocycles. The van der Waals surface area contributed by atoms with Gasteiger partial charge >= 0.3 is 11.9 Å². The second kappa shape index (κ2) is 13.0. The van der Waals surface area contributed by atoms with Crippen LogP contribution in [0.3, 0.4) is 0 Å². The number of hydrogen-bond donors (Lipinski definition) is 0. The van der Waals surface area contributed by atoms with Gasteiger partial charge in [0.05, 0.1) is 25.9 Å². The van der Waals surface area contributed by atoms with Crippen molar-refractivity contribution in [2.45, 2.75) is 46.5 Å². The highest BCUT2D eigenvalue weighted by Crippen LogP contribution is 2.00. The molecule has 0 aliphatic carbocycles. The lowest BCUT2D eigenvalue weighted by Crippen LogP contribution is -2.26. The number of carbonyl (C=O) groups is 2. The zero-order chi connectivity index (χ0) is 16.3. The number of esters is 2. The van der Waals surface area contributed by atoms with E-state index in [1.54, 1.807) is 13.8 Å². The average Bonchev–Trinajstić information content (AvgIpc) is 2.44. The summed E-state index contributed by atoms with van der Waals surface area (Å²) in [7, 11) is 0. The Balaban J connectivity index is 0. The highest BCUT2D eigenvalue weighted by molar-refractivity contribution is 5.81. The zero-order valence-corrected chi connectivity index (χ0v) is 12.9. The molecule has 0 aliphatic heterocycles. The molecule has 0 rings (SSSR count). The highest BCUT2D eigenvalue weighted by Gasteiger charge is 2.11. The van der Waals surface area contributed by atoms with Crippen molar-refractivity contribution >= 4 is 11.9 Å². The molecule has 3 atom stereocenters. The van der Waals surface area contributed by atoms with Crippen molar-refractivity contribution in [2.75, 3.05) is 19.8 Å². The molecule has 0 amide bonds. The van der Waals surface area contributed by atoms with E-state index in [2.05, 4.69) is 13.2 Å². The molecule has 0 heterocycles. The first-order chi connectivity index (χ1) is 9.88. The van der Waals surface area contributed by atoms with E-state index in [9.17, 15) is 9.59 Å². The molecule has 0 aromatic carbocycles. The minimum atomic E-state index is -0.479. The van der Waals surface area contributed by atoms with Gasteiger partial charge in [0, 0.05) is 12.2 Å². The van der Waals surface area contributed by atoms with Gasteiger partial charge in [-0.3, -0.25) is 0 Å². The molecule has 0 aliphatic rings. The summed E-state index contributed by atoms with van der Waals surface area (Å²) in [6.45, 7) is 12.8. The Labute approximate surface area is 133 Å². The smallest absolute Gasteiger partial charge is 0.330 e. The third-order valence-electron chi connectivity index (χ3n) is 2.29. The number of rotatable bonds is 11. The molecule has 0 fully saturated rings. The Morgan fingerprint density at radius 1 is 0.864 bits per heavy atom. The van der Waals surface area contributed by atoms with Crippen LogP contribution < -0.4 is 0 Å². The number of hydrogen-bond acceptors (Lipinski definition) is 6. The predicted octanol–water partition coefficient (Wildman–Crippen LogP) is 2.28. The number of carbonyl (C=O) groups excluding carboxylic acids is 2. The Hall–Kier alpha value is -1.66. The second-order valence-corrected chi connectivity index (χ2v) is 4.58. The molecule has 128 valence electrons. The van der Waals surface area contributed by atoms with E-state index in [0.717, 1.165) is 12.2 Å². The number of ether oxygens (including phenoxy) is 4. The topological polar surface area (TPSA) is 71.1 Å². The van der Waals surface area contributed by atoms with Gasteiger partial charge in [-0.1, -0.05) is 20.6 Å². The molecule has 0 spiro atoms. The van der Waals surface area contributed by atoms with Crippen molar-refractivity contribution < 1.29 is 28.5 Å². The third kappa shape index (κ3) is 12.1.